The molecule has 2 heterocycles. The van der Waals surface area contributed by atoms with E-state index < -0.39 is 23.8 Å². The number of carbonyl (C=O) groups excluding carboxylic acids is 3. The van der Waals surface area contributed by atoms with Gasteiger partial charge in [-0.1, -0.05) is 53.8 Å². The van der Waals surface area contributed by atoms with E-state index in [0.717, 1.165) is 15.5 Å². The van der Waals surface area contributed by atoms with E-state index >= 15 is 0 Å². The largest absolute Gasteiger partial charge is 0.315 e. The molecule has 4 rings (SSSR count). The third kappa shape index (κ3) is 3.02. The molecule has 6 nitrogen and oxygen atoms in total. The fourth-order valence-corrected chi connectivity index (χ4v) is 3.77. The molecule has 1 aliphatic rings. The van der Waals surface area contributed by atoms with E-state index in [4.69, 9.17) is 0 Å². The fraction of sp³-hybridized carbons (Fsp3) is 0.100. The van der Waals surface area contributed by atoms with Gasteiger partial charge in [-0.25, -0.2) is 4.98 Å². The maximum atomic E-state index is 12.6. The van der Waals surface area contributed by atoms with Crippen molar-refractivity contribution in [3.63, 3.8) is 0 Å². The lowest BCUT2D eigenvalue weighted by atomic mass is 10.1. The van der Waals surface area contributed by atoms with Crippen LogP contribution in [-0.2, 0) is 4.79 Å². The minimum absolute atomic E-state index is 0.325. The zero-order chi connectivity index (χ0) is 19.0. The van der Waals surface area contributed by atoms with Crippen LogP contribution in [0.4, 0.5) is 5.00 Å². The van der Waals surface area contributed by atoms with E-state index in [1.165, 1.54) is 18.3 Å². The molecule has 1 N–H and O–H groups in total. The number of imide groups is 1. The molecule has 1 aromatic heterocycles. The molecule has 0 saturated heterocycles. The number of rotatable bonds is 4. The van der Waals surface area contributed by atoms with E-state index in [-0.39, 0.29) is 0 Å². The summed E-state index contributed by atoms with van der Waals surface area (Å²) in [7, 11) is 0. The zero-order valence-electron chi connectivity index (χ0n) is 14.4. The summed E-state index contributed by atoms with van der Waals surface area (Å²) in [5.41, 5.74) is 1.61. The lowest BCUT2D eigenvalue weighted by Crippen LogP contribution is -2.45. The number of carbonyl (C=O) groups is 3. The van der Waals surface area contributed by atoms with Gasteiger partial charge in [0, 0.05) is 5.56 Å². The molecule has 3 aromatic rings. The number of thiazole rings is 1. The first kappa shape index (κ1) is 17.1. The summed E-state index contributed by atoms with van der Waals surface area (Å²) in [5, 5.41) is 4.08. The molecule has 1 aliphatic heterocycles. The van der Waals surface area contributed by atoms with Gasteiger partial charge in [0.2, 0.25) is 5.91 Å². The van der Waals surface area contributed by atoms with Crippen LogP contribution in [0.5, 0.6) is 0 Å². The number of amides is 3. The number of aromatic nitrogens is 1. The highest BCUT2D eigenvalue weighted by Gasteiger charge is 2.40. The Morgan fingerprint density at radius 2 is 1.59 bits per heavy atom. The molecule has 0 aliphatic carbocycles. The molecule has 134 valence electrons. The van der Waals surface area contributed by atoms with E-state index in [9.17, 15) is 14.4 Å². The van der Waals surface area contributed by atoms with Crippen LogP contribution in [0.1, 0.15) is 27.6 Å². The average Bonchev–Trinajstić information content (AvgIpc) is 3.26. The summed E-state index contributed by atoms with van der Waals surface area (Å²) in [6, 6.07) is 15.3. The smallest absolute Gasteiger partial charge is 0.262 e. The molecule has 27 heavy (non-hydrogen) atoms. The first-order chi connectivity index (χ1) is 13.1. The Bertz CT molecular complexity index is 1010. The first-order valence-electron chi connectivity index (χ1n) is 8.35. The average molecular weight is 377 g/mol. The van der Waals surface area contributed by atoms with Crippen molar-refractivity contribution in [3.8, 4) is 10.6 Å². The zero-order valence-corrected chi connectivity index (χ0v) is 15.2. The number of anilines is 1. The summed E-state index contributed by atoms with van der Waals surface area (Å²) >= 11 is 1.33. The third-order valence-electron chi connectivity index (χ3n) is 4.37. The Hall–Kier alpha value is -3.32. The van der Waals surface area contributed by atoms with Gasteiger partial charge in [-0.05, 0) is 19.1 Å². The predicted molar refractivity (Wildman–Crippen MR) is 103 cm³/mol. The van der Waals surface area contributed by atoms with Crippen LogP contribution in [0.25, 0.3) is 10.6 Å². The second-order valence-corrected chi connectivity index (χ2v) is 7.12. The van der Waals surface area contributed by atoms with Crippen molar-refractivity contribution in [3.05, 3.63) is 71.9 Å². The van der Waals surface area contributed by atoms with Gasteiger partial charge in [0.25, 0.3) is 11.8 Å². The monoisotopic (exact) mass is 377 g/mol. The van der Waals surface area contributed by atoms with Crippen molar-refractivity contribution in [2.45, 2.75) is 13.0 Å². The van der Waals surface area contributed by atoms with Gasteiger partial charge in [0.1, 0.15) is 16.1 Å². The lowest BCUT2D eigenvalue weighted by Gasteiger charge is -2.21. The molecule has 1 atom stereocenters. The molecule has 2 aromatic carbocycles. The second kappa shape index (κ2) is 6.77. The maximum Gasteiger partial charge on any atom is 0.262 e. The van der Waals surface area contributed by atoms with Crippen LogP contribution >= 0.6 is 11.3 Å². The Labute approximate surface area is 159 Å². The Morgan fingerprint density at radius 1 is 1.00 bits per heavy atom. The van der Waals surface area contributed by atoms with E-state index in [0.29, 0.717) is 16.1 Å². The molecule has 0 spiro atoms. The number of hydrogen-bond donors (Lipinski definition) is 1. The number of nitrogens with zero attached hydrogens (tertiary/aromatic N) is 2. The number of benzene rings is 2. The summed E-state index contributed by atoms with van der Waals surface area (Å²) in [5.74, 6) is -1.34. The number of hydrogen-bond acceptors (Lipinski definition) is 5. The van der Waals surface area contributed by atoms with Crippen molar-refractivity contribution >= 4 is 34.1 Å². The SMILES string of the molecule is C[C@@H](C(=O)Nc1cnc(-c2ccccc2)s1)N1C(=O)c2ccccc2C1=O. The van der Waals surface area contributed by atoms with Crippen LogP contribution in [0.3, 0.4) is 0 Å². The molecule has 0 unspecified atom stereocenters. The summed E-state index contributed by atoms with van der Waals surface area (Å²) < 4.78 is 0. The van der Waals surface area contributed by atoms with Gasteiger partial charge in [-0.2, -0.15) is 0 Å². The van der Waals surface area contributed by atoms with Crippen molar-refractivity contribution in [1.82, 2.24) is 9.88 Å². The van der Waals surface area contributed by atoms with Gasteiger partial charge >= 0.3 is 0 Å². The molecule has 0 saturated carbocycles. The van der Waals surface area contributed by atoms with Crippen LogP contribution in [-0.4, -0.2) is 33.6 Å². The van der Waals surface area contributed by atoms with Crippen molar-refractivity contribution in [2.24, 2.45) is 0 Å². The molecular formula is C20H15N3O3S. The normalized spacial score (nSPS) is 14.2. The third-order valence-corrected chi connectivity index (χ3v) is 5.33. The minimum atomic E-state index is -0.931. The van der Waals surface area contributed by atoms with Gasteiger partial charge in [-0.15, -0.1) is 0 Å². The van der Waals surface area contributed by atoms with E-state index in [1.807, 2.05) is 30.3 Å². The maximum absolute atomic E-state index is 12.6. The van der Waals surface area contributed by atoms with E-state index in [2.05, 4.69) is 10.3 Å². The van der Waals surface area contributed by atoms with Gasteiger partial charge in [-0.3, -0.25) is 19.3 Å². The second-order valence-electron chi connectivity index (χ2n) is 6.09. The molecular weight excluding hydrogens is 362 g/mol. The topological polar surface area (TPSA) is 79.4 Å². The summed E-state index contributed by atoms with van der Waals surface area (Å²) in [6.07, 6.45) is 1.57. The van der Waals surface area contributed by atoms with E-state index in [1.54, 1.807) is 30.5 Å². The molecule has 3 amide bonds. The van der Waals surface area contributed by atoms with Gasteiger partial charge in [0.15, 0.2) is 0 Å². The standard InChI is InChI=1S/C20H15N3O3S/c1-12(23-19(25)14-9-5-6-10-15(14)20(23)26)17(24)22-16-11-21-18(27-16)13-7-3-2-4-8-13/h2-12H,1H3,(H,22,24)/t12-/m0/s1. The van der Waals surface area contributed by atoms with Crippen LogP contribution in [0, 0.1) is 0 Å². The molecule has 0 fully saturated rings. The van der Waals surface area contributed by atoms with Crippen molar-refractivity contribution < 1.29 is 14.4 Å². The Balaban J connectivity index is 1.50. The predicted octanol–water partition coefficient (Wildman–Crippen LogP) is 3.43. The highest BCUT2D eigenvalue weighted by molar-refractivity contribution is 7.19. The number of nitrogens with one attached hydrogen (secondary N) is 1. The van der Waals surface area contributed by atoms with Gasteiger partial charge < -0.3 is 5.32 Å². The van der Waals surface area contributed by atoms with Crippen LogP contribution in [0.15, 0.2) is 60.8 Å². The lowest BCUT2D eigenvalue weighted by molar-refractivity contribution is -0.119. The summed E-state index contributed by atoms with van der Waals surface area (Å²) in [4.78, 5) is 42.9. The Morgan fingerprint density at radius 3 is 2.22 bits per heavy atom. The Kier molecular flexibility index (Phi) is 4.29. The first-order valence-corrected chi connectivity index (χ1v) is 9.17. The quantitative estimate of drug-likeness (QED) is 0.707. The van der Waals surface area contributed by atoms with Crippen molar-refractivity contribution in [1.29, 1.82) is 0 Å². The van der Waals surface area contributed by atoms with Gasteiger partial charge in [0.05, 0.1) is 17.3 Å². The summed E-state index contributed by atoms with van der Waals surface area (Å²) in [6.45, 7) is 1.54. The molecule has 0 bridgehead atoms. The molecule has 0 radical (unpaired) electrons. The fourth-order valence-electron chi connectivity index (χ4n) is 2.95. The highest BCUT2D eigenvalue weighted by atomic mass is 32.1. The van der Waals surface area contributed by atoms with Crippen LogP contribution in [0.2, 0.25) is 0 Å². The van der Waals surface area contributed by atoms with Crippen LogP contribution < -0.4 is 5.32 Å². The molecule has 7 heteroatoms. The van der Waals surface area contributed by atoms with Crippen molar-refractivity contribution in [2.75, 3.05) is 5.32 Å². The number of fused-ring (bicyclic) bond motifs is 1. The minimum Gasteiger partial charge on any atom is -0.315 e. The highest BCUT2D eigenvalue weighted by Crippen LogP contribution is 2.29.